The monoisotopic (exact) mass is 552 g/mol. The Hall–Kier alpha value is -4.27. The second-order valence-corrected chi connectivity index (χ2v) is 10.8. The Kier molecular flexibility index (Phi) is 6.72. The summed E-state index contributed by atoms with van der Waals surface area (Å²) in [6.45, 7) is 1.96. The van der Waals surface area contributed by atoms with Crippen LogP contribution in [0.1, 0.15) is 29.0 Å². The third-order valence-corrected chi connectivity index (χ3v) is 8.42. The lowest BCUT2D eigenvalue weighted by molar-refractivity contribution is -0.138. The fourth-order valence-electron chi connectivity index (χ4n) is 4.95. The molecule has 0 amide bonds. The lowest BCUT2D eigenvalue weighted by atomic mass is 9.89. The number of hydrogen-bond donors (Lipinski definition) is 0. The van der Waals surface area contributed by atoms with Crippen LogP contribution in [0.5, 0.6) is 5.75 Å². The van der Waals surface area contributed by atoms with Crippen molar-refractivity contribution in [3.8, 4) is 5.75 Å². The summed E-state index contributed by atoms with van der Waals surface area (Å²) in [4.78, 5) is 34.3. The number of thiazole rings is 1. The molecule has 2 aromatic heterocycles. The summed E-state index contributed by atoms with van der Waals surface area (Å²) in [5, 5.41) is 3.82. The predicted octanol–water partition coefficient (Wildman–Crippen LogP) is 5.16. The third kappa shape index (κ3) is 4.41. The van der Waals surface area contributed by atoms with E-state index in [2.05, 4.69) is 0 Å². The minimum absolute atomic E-state index is 0.187. The van der Waals surface area contributed by atoms with E-state index in [0.29, 0.717) is 31.9 Å². The number of benzene rings is 3. The van der Waals surface area contributed by atoms with E-state index in [1.807, 2.05) is 90.3 Å². The molecule has 6 rings (SSSR count). The Morgan fingerprint density at radius 2 is 1.82 bits per heavy atom. The number of esters is 1. The highest BCUT2D eigenvalue weighted by Gasteiger charge is 2.37. The lowest BCUT2D eigenvalue weighted by Crippen LogP contribution is -2.40. The Labute approximate surface area is 232 Å². The number of carbonyl (C=O) groups is 1. The van der Waals surface area contributed by atoms with Crippen LogP contribution in [0.2, 0.25) is 0 Å². The van der Waals surface area contributed by atoms with Crippen LogP contribution in [-0.2, 0) is 9.53 Å². The number of ether oxygens (including phenoxy) is 2. The van der Waals surface area contributed by atoms with Crippen LogP contribution in [0.15, 0.2) is 99.6 Å². The van der Waals surface area contributed by atoms with Crippen LogP contribution < -0.4 is 19.6 Å². The van der Waals surface area contributed by atoms with Gasteiger partial charge in [0.05, 0.1) is 29.5 Å². The van der Waals surface area contributed by atoms with Crippen LogP contribution in [0.3, 0.4) is 0 Å². The van der Waals surface area contributed by atoms with Crippen LogP contribution in [-0.4, -0.2) is 24.3 Å². The molecule has 194 valence electrons. The third-order valence-electron chi connectivity index (χ3n) is 6.61. The van der Waals surface area contributed by atoms with Gasteiger partial charge in [0, 0.05) is 16.0 Å². The van der Waals surface area contributed by atoms with Gasteiger partial charge in [-0.15, -0.1) is 11.3 Å². The molecule has 0 spiro atoms. The topological polar surface area (TPSA) is 69.9 Å². The number of aromatic nitrogens is 1. The number of nitrogens with zero attached hydrogens (tertiary/aromatic N) is 2. The first-order valence-electron chi connectivity index (χ1n) is 12.5. The fourth-order valence-corrected chi connectivity index (χ4v) is 6.68. The standard InChI is InChI=1S/C31H24N2O4S2/c1-3-37-30(35)26-27(20-11-5-4-6-12-20)32-31-33(29(34)24(39-31)18-21-13-9-17-38-21)28(26)25-22-14-8-7-10-19(22)15-16-23(25)36-2/h4-18,28H,3H2,1-2H3/b24-18+/t28-/m1/s1. The number of carbonyl (C=O) groups excluding carboxylic acids is 1. The molecule has 6 nitrogen and oxygen atoms in total. The molecule has 3 aromatic carbocycles. The molecule has 1 aliphatic heterocycles. The van der Waals surface area contributed by atoms with Gasteiger partial charge in [-0.1, -0.05) is 78.1 Å². The minimum Gasteiger partial charge on any atom is -0.496 e. The Balaban J connectivity index is 1.77. The van der Waals surface area contributed by atoms with Crippen molar-refractivity contribution in [1.29, 1.82) is 0 Å². The molecule has 0 unspecified atom stereocenters. The molecule has 0 aliphatic carbocycles. The van der Waals surface area contributed by atoms with Gasteiger partial charge in [0.2, 0.25) is 0 Å². The number of fused-ring (bicyclic) bond motifs is 2. The summed E-state index contributed by atoms with van der Waals surface area (Å²) in [6.07, 6.45) is 1.88. The van der Waals surface area contributed by atoms with E-state index in [-0.39, 0.29) is 12.2 Å². The Bertz CT molecular complexity index is 1900. The van der Waals surface area contributed by atoms with Crippen LogP contribution in [0.25, 0.3) is 22.5 Å². The molecule has 5 aromatic rings. The maximum absolute atomic E-state index is 14.1. The van der Waals surface area contributed by atoms with E-state index in [9.17, 15) is 9.59 Å². The first kappa shape index (κ1) is 25.0. The van der Waals surface area contributed by atoms with Crippen molar-refractivity contribution in [2.45, 2.75) is 13.0 Å². The smallest absolute Gasteiger partial charge is 0.338 e. The van der Waals surface area contributed by atoms with Crippen molar-refractivity contribution in [3.63, 3.8) is 0 Å². The molecule has 0 saturated carbocycles. The zero-order valence-corrected chi connectivity index (χ0v) is 22.9. The van der Waals surface area contributed by atoms with Crippen LogP contribution in [0.4, 0.5) is 0 Å². The second-order valence-electron chi connectivity index (χ2n) is 8.85. The molecule has 0 N–H and O–H groups in total. The van der Waals surface area contributed by atoms with E-state index in [1.54, 1.807) is 29.9 Å². The van der Waals surface area contributed by atoms with E-state index in [0.717, 1.165) is 21.2 Å². The summed E-state index contributed by atoms with van der Waals surface area (Å²) in [5.41, 5.74) is 2.04. The van der Waals surface area contributed by atoms with Crippen molar-refractivity contribution in [1.82, 2.24) is 4.57 Å². The average Bonchev–Trinajstić information content (AvgIpc) is 3.59. The summed E-state index contributed by atoms with van der Waals surface area (Å²) < 4.78 is 13.6. The first-order chi connectivity index (χ1) is 19.1. The first-order valence-corrected chi connectivity index (χ1v) is 14.2. The van der Waals surface area contributed by atoms with E-state index >= 15 is 0 Å². The number of rotatable bonds is 6. The quantitative estimate of drug-likeness (QED) is 0.273. The molecule has 0 radical (unpaired) electrons. The summed E-state index contributed by atoms with van der Waals surface area (Å²) >= 11 is 2.87. The van der Waals surface area contributed by atoms with Crippen molar-refractivity contribution in [3.05, 3.63) is 126 Å². The van der Waals surface area contributed by atoms with E-state index in [1.165, 1.54) is 11.3 Å². The number of hydrogen-bond acceptors (Lipinski definition) is 7. The van der Waals surface area contributed by atoms with Crippen molar-refractivity contribution >= 4 is 51.2 Å². The fraction of sp³-hybridized carbons (Fsp3) is 0.129. The van der Waals surface area contributed by atoms with Gasteiger partial charge in [-0.25, -0.2) is 9.79 Å². The van der Waals surface area contributed by atoms with Gasteiger partial charge >= 0.3 is 5.97 Å². The summed E-state index contributed by atoms with van der Waals surface area (Å²) in [7, 11) is 1.60. The largest absolute Gasteiger partial charge is 0.496 e. The maximum atomic E-state index is 14.1. The highest BCUT2D eigenvalue weighted by molar-refractivity contribution is 7.11. The zero-order chi connectivity index (χ0) is 26.9. The molecule has 0 bridgehead atoms. The molecular formula is C31H24N2O4S2. The van der Waals surface area contributed by atoms with Crippen molar-refractivity contribution < 1.29 is 14.3 Å². The molecule has 0 fully saturated rings. The molecule has 1 atom stereocenters. The zero-order valence-electron chi connectivity index (χ0n) is 21.3. The number of thiophene rings is 1. The molecule has 3 heterocycles. The molecule has 0 saturated heterocycles. The predicted molar refractivity (Wildman–Crippen MR) is 156 cm³/mol. The molecule has 1 aliphatic rings. The van der Waals surface area contributed by atoms with Gasteiger partial charge in [0.25, 0.3) is 5.56 Å². The maximum Gasteiger partial charge on any atom is 0.338 e. The number of methoxy groups -OCH3 is 1. The van der Waals surface area contributed by atoms with Gasteiger partial charge < -0.3 is 9.47 Å². The summed E-state index contributed by atoms with van der Waals surface area (Å²) in [5.74, 6) is 0.0512. The molecule has 39 heavy (non-hydrogen) atoms. The highest BCUT2D eigenvalue weighted by Crippen LogP contribution is 2.42. The van der Waals surface area contributed by atoms with Crippen molar-refractivity contribution in [2.24, 2.45) is 4.99 Å². The summed E-state index contributed by atoms with van der Waals surface area (Å²) in [6, 6.07) is 24.4. The van der Waals surface area contributed by atoms with Gasteiger partial charge in [0.15, 0.2) is 4.80 Å². The van der Waals surface area contributed by atoms with Crippen molar-refractivity contribution in [2.75, 3.05) is 13.7 Å². The second kappa shape index (κ2) is 10.5. The Morgan fingerprint density at radius 3 is 2.56 bits per heavy atom. The van der Waals surface area contributed by atoms with Crippen LogP contribution in [0, 0.1) is 0 Å². The van der Waals surface area contributed by atoms with E-state index < -0.39 is 12.0 Å². The van der Waals surface area contributed by atoms with E-state index in [4.69, 9.17) is 14.5 Å². The lowest BCUT2D eigenvalue weighted by Gasteiger charge is -2.28. The SMILES string of the molecule is CCOC(=O)C1=C(c2ccccc2)N=c2s/c(=C/c3cccs3)c(=O)n2[C@@H]1c1c(OC)ccc2ccccc12. The minimum atomic E-state index is -0.818. The average molecular weight is 553 g/mol. The normalized spacial score (nSPS) is 15.2. The Morgan fingerprint density at radius 1 is 1.03 bits per heavy atom. The van der Waals surface area contributed by atoms with Gasteiger partial charge in [-0.05, 0) is 41.3 Å². The van der Waals surface area contributed by atoms with Gasteiger partial charge in [-0.2, -0.15) is 0 Å². The molecule has 8 heteroatoms. The molecular weight excluding hydrogens is 528 g/mol. The van der Waals surface area contributed by atoms with Gasteiger partial charge in [-0.3, -0.25) is 9.36 Å². The highest BCUT2D eigenvalue weighted by atomic mass is 32.1. The van der Waals surface area contributed by atoms with Crippen LogP contribution >= 0.6 is 22.7 Å². The van der Waals surface area contributed by atoms with Gasteiger partial charge in [0.1, 0.15) is 11.8 Å².